The first-order valence-corrected chi connectivity index (χ1v) is 14.0. The fraction of sp³-hybridized carbons (Fsp3) is 0.929. The van der Waals surface area contributed by atoms with E-state index in [0.29, 0.717) is 51.8 Å². The lowest BCUT2D eigenvalue weighted by Gasteiger charge is -2.18. The molecule has 0 saturated carbocycles. The number of carboxylic acid groups (broad SMARTS) is 2. The van der Waals surface area contributed by atoms with Crippen LogP contribution in [0.25, 0.3) is 0 Å². The molecule has 0 aromatic rings. The highest BCUT2D eigenvalue weighted by atomic mass is 16.6. The molecule has 12 heteroatoms. The third kappa shape index (κ3) is 41.1. The van der Waals surface area contributed by atoms with Crippen LogP contribution in [0.2, 0.25) is 0 Å². The number of aliphatic carboxylic acids is 2. The number of unbranched alkanes of at least 4 members (excludes halogenated alkanes) is 1. The van der Waals surface area contributed by atoms with Crippen molar-refractivity contribution in [3.05, 3.63) is 0 Å². The summed E-state index contributed by atoms with van der Waals surface area (Å²) in [7, 11) is 0. The van der Waals surface area contributed by atoms with Gasteiger partial charge in [-0.1, -0.05) is 13.8 Å². The quantitative estimate of drug-likeness (QED) is 0.117. The van der Waals surface area contributed by atoms with E-state index < -0.39 is 24.1 Å². The topological polar surface area (TPSA) is 181 Å². The van der Waals surface area contributed by atoms with E-state index in [-0.39, 0.29) is 43.9 Å². The molecule has 0 radical (unpaired) electrons. The predicted molar refractivity (Wildman–Crippen MR) is 151 cm³/mol. The Morgan fingerprint density at radius 1 is 0.550 bits per heavy atom. The molecule has 12 nitrogen and oxygen atoms in total. The van der Waals surface area contributed by atoms with Gasteiger partial charge in [0.15, 0.2) is 0 Å². The van der Waals surface area contributed by atoms with Crippen LogP contribution < -0.4 is 0 Å². The standard InChI is InChI=1S/C13H28O4.C9H20O4.C6H10O4/c1-10(2)6-15-8-12(4)17-9-13(5)16-7-11(3)14;1-7(11)5-12-9(3)6-13-8(2)4-10;7-5(8)3-1-2-4-6(9)10/h10-14H,6-9H2,1-5H3;7-11H,4-6H2,1-3H3;1-4H2,(H,7,8)(H,9,10). The lowest BCUT2D eigenvalue weighted by molar-refractivity contribution is -0.139. The zero-order chi connectivity index (χ0) is 31.5. The molecule has 0 aliphatic rings. The molecule has 6 atom stereocenters. The van der Waals surface area contributed by atoms with E-state index in [0.717, 1.165) is 6.61 Å². The zero-order valence-electron chi connectivity index (χ0n) is 25.9. The smallest absolute Gasteiger partial charge is 0.303 e. The molecular formula is C28H58O12. The van der Waals surface area contributed by atoms with Crippen LogP contribution in [0.15, 0.2) is 0 Å². The second-order valence-corrected chi connectivity index (χ2v) is 10.4. The van der Waals surface area contributed by atoms with Gasteiger partial charge in [-0.25, -0.2) is 0 Å². The van der Waals surface area contributed by atoms with Crippen molar-refractivity contribution < 1.29 is 58.8 Å². The van der Waals surface area contributed by atoms with Crippen LogP contribution in [0.5, 0.6) is 0 Å². The van der Waals surface area contributed by atoms with E-state index in [2.05, 4.69) is 13.8 Å². The molecular weight excluding hydrogens is 528 g/mol. The number of aliphatic hydroxyl groups is 3. The maximum Gasteiger partial charge on any atom is 0.303 e. The SMILES string of the molecule is CC(C)COCC(C)OCC(C)OCC(C)O.CC(O)COC(C)COC(C)CO.O=C(O)CCCCC(=O)O. The minimum absolute atomic E-state index is 0.00264. The maximum atomic E-state index is 9.90. The largest absolute Gasteiger partial charge is 0.481 e. The van der Waals surface area contributed by atoms with Gasteiger partial charge in [-0.2, -0.15) is 0 Å². The minimum Gasteiger partial charge on any atom is -0.481 e. The Morgan fingerprint density at radius 3 is 1.23 bits per heavy atom. The van der Waals surface area contributed by atoms with Gasteiger partial charge >= 0.3 is 11.9 Å². The molecule has 0 aromatic heterocycles. The first-order valence-electron chi connectivity index (χ1n) is 14.0. The summed E-state index contributed by atoms with van der Waals surface area (Å²) in [5, 5.41) is 42.9. The van der Waals surface area contributed by atoms with Gasteiger partial charge in [-0.3, -0.25) is 9.59 Å². The molecule has 0 spiro atoms. The Labute approximate surface area is 240 Å². The van der Waals surface area contributed by atoms with Crippen molar-refractivity contribution in [1.82, 2.24) is 0 Å². The number of carbonyl (C=O) groups is 2. The summed E-state index contributed by atoms with van der Waals surface area (Å²) in [6.45, 7) is 18.2. The molecule has 0 aliphatic heterocycles. The van der Waals surface area contributed by atoms with Crippen molar-refractivity contribution in [2.24, 2.45) is 5.92 Å². The van der Waals surface area contributed by atoms with Gasteiger partial charge in [0, 0.05) is 19.4 Å². The summed E-state index contributed by atoms with van der Waals surface area (Å²) in [4.78, 5) is 19.8. The highest BCUT2D eigenvalue weighted by Crippen LogP contribution is 2.01. The van der Waals surface area contributed by atoms with E-state index in [1.165, 1.54) is 0 Å². The minimum atomic E-state index is -0.870. The molecule has 0 heterocycles. The molecule has 0 aromatic carbocycles. The lowest BCUT2D eigenvalue weighted by atomic mass is 10.2. The van der Waals surface area contributed by atoms with Crippen molar-refractivity contribution in [3.63, 3.8) is 0 Å². The maximum absolute atomic E-state index is 9.90. The normalized spacial score (nSPS) is 15.5. The molecule has 0 fully saturated rings. The lowest BCUT2D eigenvalue weighted by Crippen LogP contribution is -2.26. The summed E-state index contributed by atoms with van der Waals surface area (Å²) in [5.74, 6) is -1.19. The van der Waals surface area contributed by atoms with Crippen molar-refractivity contribution >= 4 is 11.9 Å². The van der Waals surface area contributed by atoms with Gasteiger partial charge in [0.2, 0.25) is 0 Å². The number of carboxylic acids is 2. The fourth-order valence-electron chi connectivity index (χ4n) is 2.43. The Hall–Kier alpha value is -1.38. The highest BCUT2D eigenvalue weighted by molar-refractivity contribution is 5.67. The van der Waals surface area contributed by atoms with Crippen molar-refractivity contribution in [1.29, 1.82) is 0 Å². The van der Waals surface area contributed by atoms with Crippen molar-refractivity contribution in [2.45, 2.75) is 118 Å². The molecule has 0 bridgehead atoms. The number of hydrogen-bond acceptors (Lipinski definition) is 10. The van der Waals surface area contributed by atoms with E-state index in [1.807, 2.05) is 20.8 Å². The summed E-state index contributed by atoms with van der Waals surface area (Å²) >= 11 is 0. The average molecular weight is 587 g/mol. The number of hydrogen-bond donors (Lipinski definition) is 5. The zero-order valence-corrected chi connectivity index (χ0v) is 25.9. The molecule has 0 amide bonds. The first kappa shape index (κ1) is 43.1. The second-order valence-electron chi connectivity index (χ2n) is 10.4. The van der Waals surface area contributed by atoms with Gasteiger partial charge in [0.05, 0.1) is 76.3 Å². The first-order chi connectivity index (χ1) is 18.6. The molecule has 5 N–H and O–H groups in total. The van der Waals surface area contributed by atoms with Crippen LogP contribution >= 0.6 is 0 Å². The van der Waals surface area contributed by atoms with E-state index in [1.54, 1.807) is 20.8 Å². The van der Waals surface area contributed by atoms with Gasteiger partial charge < -0.3 is 49.2 Å². The molecule has 6 unspecified atom stereocenters. The van der Waals surface area contributed by atoms with Gasteiger partial charge in [0.1, 0.15) is 0 Å². The van der Waals surface area contributed by atoms with Crippen LogP contribution in [0.4, 0.5) is 0 Å². The summed E-state index contributed by atoms with van der Waals surface area (Å²) < 4.78 is 26.9. The third-order valence-electron chi connectivity index (χ3n) is 4.57. The molecule has 0 aliphatic carbocycles. The monoisotopic (exact) mass is 586 g/mol. The summed E-state index contributed by atoms with van der Waals surface area (Å²) in [6, 6.07) is 0. The summed E-state index contributed by atoms with van der Waals surface area (Å²) in [6.07, 6.45) is 0.00997. The number of rotatable bonds is 22. The Kier molecular flexibility index (Phi) is 31.4. The second kappa shape index (κ2) is 29.1. The van der Waals surface area contributed by atoms with Gasteiger partial charge in [-0.05, 0) is 60.3 Å². The van der Waals surface area contributed by atoms with E-state index >= 15 is 0 Å². The molecule has 40 heavy (non-hydrogen) atoms. The number of aliphatic hydroxyl groups excluding tert-OH is 3. The Bertz CT molecular complexity index is 555. The summed E-state index contributed by atoms with van der Waals surface area (Å²) in [5.41, 5.74) is 0. The van der Waals surface area contributed by atoms with Crippen molar-refractivity contribution in [2.75, 3.05) is 46.2 Å². The average Bonchev–Trinajstić information content (AvgIpc) is 2.86. The van der Waals surface area contributed by atoms with E-state index in [4.69, 9.17) is 49.2 Å². The Balaban J connectivity index is -0.000000533. The number of ether oxygens (including phenoxy) is 5. The van der Waals surface area contributed by atoms with Crippen molar-refractivity contribution in [3.8, 4) is 0 Å². The predicted octanol–water partition coefficient (Wildman–Crippen LogP) is 2.74. The Morgan fingerprint density at radius 2 is 0.900 bits per heavy atom. The third-order valence-corrected chi connectivity index (χ3v) is 4.57. The van der Waals surface area contributed by atoms with Crippen LogP contribution in [0.3, 0.4) is 0 Å². The van der Waals surface area contributed by atoms with Crippen LogP contribution in [-0.4, -0.2) is 120 Å². The van der Waals surface area contributed by atoms with E-state index in [9.17, 15) is 9.59 Å². The molecule has 0 rings (SSSR count). The van der Waals surface area contributed by atoms with Gasteiger partial charge in [-0.15, -0.1) is 0 Å². The molecule has 0 saturated heterocycles. The van der Waals surface area contributed by atoms with Gasteiger partial charge in [0.25, 0.3) is 0 Å². The van der Waals surface area contributed by atoms with Crippen LogP contribution in [0.1, 0.15) is 81.1 Å². The van der Waals surface area contributed by atoms with Crippen LogP contribution in [0, 0.1) is 5.92 Å². The molecule has 242 valence electrons. The van der Waals surface area contributed by atoms with Crippen LogP contribution in [-0.2, 0) is 33.3 Å². The highest BCUT2D eigenvalue weighted by Gasteiger charge is 2.09. The fourth-order valence-corrected chi connectivity index (χ4v) is 2.43.